The van der Waals surface area contributed by atoms with Crippen LogP contribution in [-0.2, 0) is 14.3 Å². The number of carbonyl (C=O) groups excluding carboxylic acids is 1. The topological polar surface area (TPSA) is 35.5 Å². The summed E-state index contributed by atoms with van der Waals surface area (Å²) in [6.45, 7) is 3.42. The van der Waals surface area contributed by atoms with Crippen LogP contribution in [0.5, 0.6) is 0 Å². The molecule has 0 aromatic rings. The van der Waals surface area contributed by atoms with Gasteiger partial charge in [-0.1, -0.05) is 19.1 Å². The van der Waals surface area contributed by atoms with Crippen molar-refractivity contribution in [2.75, 3.05) is 13.4 Å². The smallest absolute Gasteiger partial charge is 0.311 e. The Labute approximate surface area is 175 Å². The molecule has 158 valence electrons. The molecule has 3 nitrogen and oxygen atoms in total. The van der Waals surface area contributed by atoms with Gasteiger partial charge >= 0.3 is 5.97 Å². The molecule has 29 heavy (non-hydrogen) atoms. The van der Waals surface area contributed by atoms with E-state index in [0.717, 1.165) is 66.3 Å². The van der Waals surface area contributed by atoms with Crippen molar-refractivity contribution in [2.45, 2.75) is 58.3 Å². The van der Waals surface area contributed by atoms with E-state index in [-0.39, 0.29) is 18.7 Å². The summed E-state index contributed by atoms with van der Waals surface area (Å²) in [7, 11) is 0. The van der Waals surface area contributed by atoms with Crippen molar-refractivity contribution < 1.29 is 14.3 Å². The van der Waals surface area contributed by atoms with Crippen LogP contribution >= 0.6 is 0 Å². The highest BCUT2D eigenvalue weighted by Gasteiger charge is 2.62. The van der Waals surface area contributed by atoms with E-state index in [4.69, 9.17) is 9.47 Å². The van der Waals surface area contributed by atoms with Crippen molar-refractivity contribution in [3.63, 3.8) is 0 Å². The summed E-state index contributed by atoms with van der Waals surface area (Å²) in [5.74, 6) is 8.43. The zero-order chi connectivity index (χ0) is 19.3. The summed E-state index contributed by atoms with van der Waals surface area (Å²) in [5, 5.41) is 0. The minimum atomic E-state index is 0.0398. The van der Waals surface area contributed by atoms with E-state index in [0.29, 0.717) is 11.3 Å². The summed E-state index contributed by atoms with van der Waals surface area (Å²) in [6, 6.07) is 0. The number of esters is 1. The van der Waals surface area contributed by atoms with Crippen molar-refractivity contribution >= 4 is 5.97 Å². The molecule has 3 heteroatoms. The van der Waals surface area contributed by atoms with E-state index in [1.807, 2.05) is 0 Å². The molecule has 0 heterocycles. The highest BCUT2D eigenvalue weighted by atomic mass is 16.7. The molecule has 0 aliphatic heterocycles. The van der Waals surface area contributed by atoms with E-state index >= 15 is 0 Å². The number of fused-ring (bicyclic) bond motifs is 9. The largest absolute Gasteiger partial charge is 0.438 e. The Bertz CT molecular complexity index is 712. The molecule has 0 amide bonds. The van der Waals surface area contributed by atoms with Crippen molar-refractivity contribution in [3.8, 4) is 0 Å². The van der Waals surface area contributed by atoms with Gasteiger partial charge in [0.2, 0.25) is 0 Å². The number of ether oxygens (including phenoxy) is 2. The van der Waals surface area contributed by atoms with Gasteiger partial charge in [0.25, 0.3) is 0 Å². The lowest BCUT2D eigenvalue weighted by Gasteiger charge is -2.60. The molecule has 8 aliphatic carbocycles. The third-order valence-electron chi connectivity index (χ3n) is 11.3. The van der Waals surface area contributed by atoms with Crippen LogP contribution in [0.25, 0.3) is 0 Å². The second-order valence-electron chi connectivity index (χ2n) is 12.3. The Morgan fingerprint density at radius 1 is 0.897 bits per heavy atom. The zero-order valence-electron chi connectivity index (χ0n) is 17.8. The van der Waals surface area contributed by atoms with Gasteiger partial charge in [-0.25, -0.2) is 0 Å². The van der Waals surface area contributed by atoms with Crippen LogP contribution in [0.1, 0.15) is 58.3 Å². The first-order valence-corrected chi connectivity index (χ1v) is 12.5. The average Bonchev–Trinajstić information content (AvgIpc) is 3.48. The lowest BCUT2D eigenvalue weighted by Crippen LogP contribution is -2.53. The molecule has 0 N–H and O–H groups in total. The second kappa shape index (κ2) is 6.11. The van der Waals surface area contributed by atoms with Crippen molar-refractivity contribution in [1.29, 1.82) is 0 Å². The van der Waals surface area contributed by atoms with Gasteiger partial charge in [0, 0.05) is 0 Å². The summed E-state index contributed by atoms with van der Waals surface area (Å²) in [5.41, 5.74) is 0.314. The number of allylic oxidation sites excluding steroid dienone is 2. The average molecular weight is 397 g/mol. The van der Waals surface area contributed by atoms with E-state index in [2.05, 4.69) is 19.1 Å². The highest BCUT2D eigenvalue weighted by molar-refractivity contribution is 5.73. The van der Waals surface area contributed by atoms with Crippen LogP contribution in [-0.4, -0.2) is 19.4 Å². The zero-order valence-corrected chi connectivity index (χ0v) is 17.8. The fraction of sp³-hybridized carbons (Fsp3) is 0.885. The quantitative estimate of drug-likeness (QED) is 0.214. The molecule has 0 radical (unpaired) electrons. The minimum absolute atomic E-state index is 0.0398. The molecule has 7 saturated carbocycles. The molecule has 7 atom stereocenters. The molecule has 7 unspecified atom stereocenters. The minimum Gasteiger partial charge on any atom is -0.438 e. The molecule has 0 aromatic carbocycles. The third-order valence-corrected chi connectivity index (χ3v) is 11.3. The number of hydrogen-bond acceptors (Lipinski definition) is 3. The van der Waals surface area contributed by atoms with Crippen LogP contribution in [0, 0.1) is 70.5 Å². The summed E-state index contributed by atoms with van der Waals surface area (Å²) >= 11 is 0. The maximum absolute atomic E-state index is 12.9. The van der Waals surface area contributed by atoms with Gasteiger partial charge in [-0.15, -0.1) is 0 Å². The standard InChI is InChI=1S/C26H36O3/c1-26(19-5-14-4-15(7-19)8-20(26)6-14)12-28-13-29-25(27)22-11-18-10-21(22)24-17-3-2-16(9-17)23(18)24/h2-3,14-24H,4-13H2,1H3. The Hall–Kier alpha value is -0.830. The number of hydrogen-bond donors (Lipinski definition) is 0. The second-order valence-corrected chi connectivity index (χ2v) is 12.3. The van der Waals surface area contributed by atoms with Crippen LogP contribution in [0.3, 0.4) is 0 Å². The monoisotopic (exact) mass is 396 g/mol. The molecule has 0 spiro atoms. The van der Waals surface area contributed by atoms with Crippen LogP contribution < -0.4 is 0 Å². The first-order valence-electron chi connectivity index (χ1n) is 12.5. The molecule has 8 rings (SSSR count). The first-order chi connectivity index (χ1) is 14.1. The predicted octanol–water partition coefficient (Wildman–Crippen LogP) is 5.06. The van der Waals surface area contributed by atoms with Gasteiger partial charge in [0.15, 0.2) is 6.79 Å². The molecular formula is C26H36O3. The van der Waals surface area contributed by atoms with E-state index in [1.165, 1.54) is 44.9 Å². The number of carbonyl (C=O) groups is 1. The Morgan fingerprint density at radius 3 is 2.31 bits per heavy atom. The van der Waals surface area contributed by atoms with E-state index in [9.17, 15) is 4.79 Å². The van der Waals surface area contributed by atoms with Crippen LogP contribution in [0.2, 0.25) is 0 Å². The van der Waals surface area contributed by atoms with Gasteiger partial charge in [-0.3, -0.25) is 4.79 Å². The maximum Gasteiger partial charge on any atom is 0.311 e. The van der Waals surface area contributed by atoms with Gasteiger partial charge in [-0.05, 0) is 116 Å². The Balaban J connectivity index is 0.941. The first kappa shape index (κ1) is 17.8. The summed E-state index contributed by atoms with van der Waals surface area (Å²) in [4.78, 5) is 12.9. The highest BCUT2D eigenvalue weighted by Crippen LogP contribution is 2.67. The predicted molar refractivity (Wildman–Crippen MR) is 109 cm³/mol. The molecule has 7 fully saturated rings. The normalized spacial score (nSPS) is 57.6. The number of rotatable bonds is 5. The van der Waals surface area contributed by atoms with Crippen molar-refractivity contribution in [2.24, 2.45) is 70.5 Å². The fourth-order valence-corrected chi connectivity index (χ4v) is 10.3. The molecule has 8 aliphatic rings. The van der Waals surface area contributed by atoms with Gasteiger partial charge in [0.1, 0.15) is 0 Å². The lowest BCUT2D eigenvalue weighted by atomic mass is 9.46. The van der Waals surface area contributed by atoms with Gasteiger partial charge in [-0.2, -0.15) is 0 Å². The third kappa shape index (κ3) is 2.43. The molecular weight excluding hydrogens is 360 g/mol. The maximum atomic E-state index is 12.9. The van der Waals surface area contributed by atoms with E-state index < -0.39 is 0 Å². The SMILES string of the molecule is CC1(COCOC(=O)C2CC3CC2C2C4C=CC(C4)C32)C2CC3CC(C2)CC1C3. The lowest BCUT2D eigenvalue weighted by molar-refractivity contribution is -0.179. The van der Waals surface area contributed by atoms with Crippen LogP contribution in [0.15, 0.2) is 12.2 Å². The van der Waals surface area contributed by atoms with E-state index in [1.54, 1.807) is 0 Å². The molecule has 8 bridgehead atoms. The molecule has 0 aromatic heterocycles. The fourth-order valence-electron chi connectivity index (χ4n) is 10.3. The Morgan fingerprint density at radius 2 is 1.59 bits per heavy atom. The summed E-state index contributed by atoms with van der Waals surface area (Å²) < 4.78 is 11.8. The summed E-state index contributed by atoms with van der Waals surface area (Å²) in [6.07, 6.45) is 15.8. The van der Waals surface area contributed by atoms with Gasteiger partial charge < -0.3 is 9.47 Å². The van der Waals surface area contributed by atoms with Crippen molar-refractivity contribution in [1.82, 2.24) is 0 Å². The van der Waals surface area contributed by atoms with Gasteiger partial charge in [0.05, 0.1) is 12.5 Å². The Kier molecular flexibility index (Phi) is 3.75. The van der Waals surface area contributed by atoms with Crippen LogP contribution in [0.4, 0.5) is 0 Å². The molecule has 0 saturated heterocycles. The van der Waals surface area contributed by atoms with Crippen molar-refractivity contribution in [3.05, 3.63) is 12.2 Å².